The van der Waals surface area contributed by atoms with Crippen molar-refractivity contribution in [1.29, 1.82) is 0 Å². The summed E-state index contributed by atoms with van der Waals surface area (Å²) in [7, 11) is 0. The van der Waals surface area contributed by atoms with Crippen molar-refractivity contribution in [3.05, 3.63) is 71.1 Å². The average molecular weight is 307 g/mol. The molecule has 2 aromatic carbocycles. The highest BCUT2D eigenvalue weighted by atomic mass is 16.2. The molecule has 0 bridgehead atoms. The maximum atomic E-state index is 13.1. The molecule has 6 nitrogen and oxygen atoms in total. The molecule has 1 heterocycles. The fourth-order valence-corrected chi connectivity index (χ4v) is 2.80. The maximum Gasteiger partial charge on any atom is 0.329 e. The van der Waals surface area contributed by atoms with Crippen molar-refractivity contribution in [1.82, 2.24) is 4.90 Å². The van der Waals surface area contributed by atoms with Crippen molar-refractivity contribution in [2.75, 3.05) is 11.4 Å². The van der Waals surface area contributed by atoms with Crippen molar-refractivity contribution in [2.45, 2.75) is 19.0 Å². The van der Waals surface area contributed by atoms with Crippen molar-refractivity contribution < 1.29 is 4.79 Å². The van der Waals surface area contributed by atoms with Crippen LogP contribution in [0.5, 0.6) is 0 Å². The lowest BCUT2D eigenvalue weighted by atomic mass is 10.2. The Balaban J connectivity index is 1.98. The summed E-state index contributed by atoms with van der Waals surface area (Å²) in [5.74, 6) is 0. The van der Waals surface area contributed by atoms with Gasteiger partial charge in [0.15, 0.2) is 0 Å². The van der Waals surface area contributed by atoms with Crippen LogP contribution in [0.1, 0.15) is 12.8 Å². The molecule has 0 N–H and O–H groups in total. The number of hydrogen-bond donors (Lipinski definition) is 0. The van der Waals surface area contributed by atoms with Gasteiger partial charge in [0.2, 0.25) is 0 Å². The van der Waals surface area contributed by atoms with Crippen LogP contribution in [0, 0.1) is 0 Å². The first-order valence-corrected chi connectivity index (χ1v) is 7.56. The maximum absolute atomic E-state index is 13.1. The Labute approximate surface area is 134 Å². The standard InChI is InChI=1S/C17H17N5O/c18-20-19-16-12-7-13-21(16)17(23)22(14-8-3-1-4-9-14)15-10-5-2-6-11-15/h1-6,8-11,16H,7,12-13H2. The molecule has 3 rings (SSSR count). The summed E-state index contributed by atoms with van der Waals surface area (Å²) < 4.78 is 0. The van der Waals surface area contributed by atoms with Crippen LogP contribution in [0.4, 0.5) is 16.2 Å². The highest BCUT2D eigenvalue weighted by molar-refractivity contribution is 5.99. The minimum absolute atomic E-state index is 0.169. The van der Waals surface area contributed by atoms with Crippen LogP contribution < -0.4 is 4.90 Å². The molecule has 0 saturated carbocycles. The van der Waals surface area contributed by atoms with Crippen molar-refractivity contribution in [2.24, 2.45) is 5.11 Å². The third-order valence-corrected chi connectivity index (χ3v) is 3.87. The highest BCUT2D eigenvalue weighted by Crippen LogP contribution is 2.29. The summed E-state index contributed by atoms with van der Waals surface area (Å²) in [4.78, 5) is 19.3. The number of likely N-dealkylation sites (tertiary alicyclic amines) is 1. The molecule has 116 valence electrons. The van der Waals surface area contributed by atoms with Gasteiger partial charge in [-0.2, -0.15) is 0 Å². The van der Waals surface area contributed by atoms with E-state index < -0.39 is 6.17 Å². The first kappa shape index (κ1) is 14.9. The molecule has 2 amide bonds. The second-order valence-electron chi connectivity index (χ2n) is 5.31. The predicted molar refractivity (Wildman–Crippen MR) is 89.3 cm³/mol. The lowest BCUT2D eigenvalue weighted by Crippen LogP contribution is -2.42. The van der Waals surface area contributed by atoms with Crippen LogP contribution in [0.25, 0.3) is 10.4 Å². The van der Waals surface area contributed by atoms with Gasteiger partial charge in [-0.15, -0.1) is 0 Å². The lowest BCUT2D eigenvalue weighted by molar-refractivity contribution is 0.203. The van der Waals surface area contributed by atoms with Gasteiger partial charge in [-0.05, 0) is 42.6 Å². The topological polar surface area (TPSA) is 72.3 Å². The van der Waals surface area contributed by atoms with Crippen LogP contribution in [0.3, 0.4) is 0 Å². The van der Waals surface area contributed by atoms with Gasteiger partial charge in [-0.3, -0.25) is 4.90 Å². The molecule has 6 heteroatoms. The molecule has 0 radical (unpaired) electrons. The Kier molecular flexibility index (Phi) is 4.45. The van der Waals surface area contributed by atoms with Gasteiger partial charge in [0.05, 0.1) is 11.4 Å². The summed E-state index contributed by atoms with van der Waals surface area (Å²) in [6, 6.07) is 18.8. The molecule has 23 heavy (non-hydrogen) atoms. The Morgan fingerprint density at radius 1 is 1.09 bits per heavy atom. The van der Waals surface area contributed by atoms with E-state index in [9.17, 15) is 4.79 Å². The molecule has 0 aliphatic carbocycles. The fraction of sp³-hybridized carbons (Fsp3) is 0.235. The van der Waals surface area contributed by atoms with Gasteiger partial charge in [0.25, 0.3) is 0 Å². The quantitative estimate of drug-likeness (QED) is 0.461. The van der Waals surface area contributed by atoms with E-state index in [0.717, 1.165) is 17.8 Å². The number of urea groups is 1. The number of carbonyl (C=O) groups excluding carboxylic acids is 1. The smallest absolute Gasteiger partial charge is 0.315 e. The second kappa shape index (κ2) is 6.85. The summed E-state index contributed by atoms with van der Waals surface area (Å²) >= 11 is 0. The number of anilines is 2. The van der Waals surface area contributed by atoms with Crippen molar-refractivity contribution >= 4 is 17.4 Å². The number of benzene rings is 2. The van der Waals surface area contributed by atoms with Gasteiger partial charge >= 0.3 is 6.03 Å². The average Bonchev–Trinajstić information content (AvgIpc) is 3.06. The van der Waals surface area contributed by atoms with Gasteiger partial charge in [0.1, 0.15) is 6.17 Å². The Morgan fingerprint density at radius 3 is 2.17 bits per heavy atom. The molecular weight excluding hydrogens is 290 g/mol. The summed E-state index contributed by atoms with van der Waals surface area (Å²) in [5.41, 5.74) is 10.3. The molecule has 0 aromatic heterocycles. The second-order valence-corrected chi connectivity index (χ2v) is 5.31. The largest absolute Gasteiger partial charge is 0.329 e. The van der Waals surface area contributed by atoms with E-state index in [2.05, 4.69) is 10.0 Å². The van der Waals surface area contributed by atoms with E-state index in [-0.39, 0.29) is 6.03 Å². The Hall–Kier alpha value is -2.98. The number of hydrogen-bond acceptors (Lipinski definition) is 2. The van der Waals surface area contributed by atoms with Crippen molar-refractivity contribution in [3.63, 3.8) is 0 Å². The zero-order chi connectivity index (χ0) is 16.1. The molecule has 1 aliphatic rings. The van der Waals surface area contributed by atoms with E-state index in [1.54, 1.807) is 9.80 Å². The van der Waals surface area contributed by atoms with Gasteiger partial charge < -0.3 is 4.90 Å². The lowest BCUT2D eigenvalue weighted by Gasteiger charge is -2.30. The van der Waals surface area contributed by atoms with E-state index in [1.165, 1.54) is 0 Å². The van der Waals surface area contributed by atoms with Gasteiger partial charge in [-0.1, -0.05) is 41.5 Å². The molecular formula is C17H17N5O. The number of rotatable bonds is 3. The number of para-hydroxylation sites is 2. The van der Waals surface area contributed by atoms with Crippen LogP contribution in [-0.2, 0) is 0 Å². The molecule has 1 fully saturated rings. The molecule has 2 aromatic rings. The number of carbonyl (C=O) groups is 1. The van der Waals surface area contributed by atoms with Crippen LogP contribution >= 0.6 is 0 Å². The predicted octanol–water partition coefficient (Wildman–Crippen LogP) is 4.68. The van der Waals surface area contributed by atoms with E-state index in [1.807, 2.05) is 60.7 Å². The first-order chi connectivity index (χ1) is 11.3. The van der Waals surface area contributed by atoms with Gasteiger partial charge in [0, 0.05) is 11.5 Å². The van der Waals surface area contributed by atoms with Crippen LogP contribution in [-0.4, -0.2) is 23.6 Å². The Bertz CT molecular complexity index is 673. The minimum atomic E-state index is -0.414. The van der Waals surface area contributed by atoms with Crippen LogP contribution in [0.15, 0.2) is 65.8 Å². The van der Waals surface area contributed by atoms with Crippen molar-refractivity contribution in [3.8, 4) is 0 Å². The van der Waals surface area contributed by atoms with Crippen LogP contribution in [0.2, 0.25) is 0 Å². The van der Waals surface area contributed by atoms with E-state index in [4.69, 9.17) is 5.53 Å². The molecule has 1 saturated heterocycles. The summed E-state index contributed by atoms with van der Waals surface area (Å²) in [6.45, 7) is 0.596. The number of nitrogens with zero attached hydrogens (tertiary/aromatic N) is 5. The summed E-state index contributed by atoms with van der Waals surface area (Å²) in [6.07, 6.45) is 1.13. The fourth-order valence-electron chi connectivity index (χ4n) is 2.80. The number of amides is 2. The van der Waals surface area contributed by atoms with E-state index >= 15 is 0 Å². The third kappa shape index (κ3) is 3.12. The van der Waals surface area contributed by atoms with Gasteiger partial charge in [-0.25, -0.2) is 4.79 Å². The third-order valence-electron chi connectivity index (χ3n) is 3.87. The monoisotopic (exact) mass is 307 g/mol. The Morgan fingerprint density at radius 2 is 1.65 bits per heavy atom. The van der Waals surface area contributed by atoms with E-state index in [0.29, 0.717) is 13.0 Å². The zero-order valence-corrected chi connectivity index (χ0v) is 12.6. The zero-order valence-electron chi connectivity index (χ0n) is 12.6. The normalized spacial score (nSPS) is 16.7. The molecule has 0 spiro atoms. The molecule has 1 aliphatic heterocycles. The molecule has 1 atom stereocenters. The summed E-state index contributed by atoms with van der Waals surface area (Å²) in [5, 5.41) is 3.75. The number of azide groups is 1. The SMILES string of the molecule is [N-]=[N+]=NC1CCCN1C(=O)N(c1ccccc1)c1ccccc1. The first-order valence-electron chi connectivity index (χ1n) is 7.56. The molecule has 1 unspecified atom stereocenters. The minimum Gasteiger partial charge on any atom is -0.315 e. The highest BCUT2D eigenvalue weighted by Gasteiger charge is 2.32.